The van der Waals surface area contributed by atoms with Crippen LogP contribution in [0.2, 0.25) is 0 Å². The van der Waals surface area contributed by atoms with Crippen LogP contribution in [0.25, 0.3) is 12.2 Å². The summed E-state index contributed by atoms with van der Waals surface area (Å²) in [7, 11) is -9.43. The first-order chi connectivity index (χ1) is 18.9. The number of aromatic hydroxyl groups is 2. The highest BCUT2D eigenvalue weighted by Crippen LogP contribution is 2.28. The summed E-state index contributed by atoms with van der Waals surface area (Å²) in [6, 6.07) is 20.7. The van der Waals surface area contributed by atoms with Gasteiger partial charge in [0.1, 0.15) is 21.3 Å². The Hall–Kier alpha value is -4.62. The predicted octanol–water partition coefficient (Wildman–Crippen LogP) is 5.26. The van der Waals surface area contributed by atoms with Gasteiger partial charge in [0.2, 0.25) is 0 Å². The normalized spacial score (nSPS) is 12.6. The molecule has 4 N–H and O–H groups in total. The third-order valence-electron chi connectivity index (χ3n) is 5.57. The summed E-state index contributed by atoms with van der Waals surface area (Å²) in [5.41, 5.74) is 1.16. The maximum Gasteiger partial charge on any atom is 0.295 e. The second kappa shape index (κ2) is 11.6. The average Bonchev–Trinajstić information content (AvgIpc) is 2.90. The van der Waals surface area contributed by atoms with Crippen molar-refractivity contribution < 1.29 is 36.2 Å². The van der Waals surface area contributed by atoms with Gasteiger partial charge in [-0.2, -0.15) is 16.8 Å². The number of nitrogens with zero attached hydrogens (tertiary/aromatic N) is 2. The molecule has 0 unspecified atom stereocenters. The number of aliphatic imine (C=N–C) groups is 2. The van der Waals surface area contributed by atoms with Crippen LogP contribution in [0.4, 0.5) is 11.4 Å². The summed E-state index contributed by atoms with van der Waals surface area (Å²) < 4.78 is 67.9. The van der Waals surface area contributed by atoms with E-state index in [-0.39, 0.29) is 34.0 Å². The van der Waals surface area contributed by atoms with Gasteiger partial charge in [-0.15, -0.1) is 0 Å². The monoisotopic (exact) mass is 578 g/mol. The van der Waals surface area contributed by atoms with Crippen LogP contribution >= 0.6 is 0 Å². The second-order valence-corrected chi connectivity index (χ2v) is 11.1. The topological polar surface area (TPSA) is 174 Å². The van der Waals surface area contributed by atoms with Gasteiger partial charge in [-0.3, -0.25) is 19.1 Å². The molecule has 10 nitrogen and oxygen atoms in total. The van der Waals surface area contributed by atoms with E-state index in [9.17, 15) is 36.2 Å². The quantitative estimate of drug-likeness (QED) is 0.124. The molecule has 0 aliphatic heterocycles. The largest absolute Gasteiger partial charge is 0.507 e. The molecule has 0 bridgehead atoms. The van der Waals surface area contributed by atoms with Crippen molar-refractivity contribution in [2.45, 2.75) is 9.79 Å². The zero-order valence-electron chi connectivity index (χ0n) is 20.5. The van der Waals surface area contributed by atoms with Crippen molar-refractivity contribution in [1.82, 2.24) is 0 Å². The summed E-state index contributed by atoms with van der Waals surface area (Å²) in [6.07, 6.45) is 5.17. The molecule has 12 heteroatoms. The molecular weight excluding hydrogens is 556 g/mol. The van der Waals surface area contributed by atoms with Crippen LogP contribution in [-0.4, -0.2) is 48.6 Å². The third-order valence-corrected chi connectivity index (χ3v) is 7.39. The second-order valence-electron chi connectivity index (χ2n) is 8.36. The van der Waals surface area contributed by atoms with Crippen LogP contribution in [0.15, 0.2) is 105 Å². The van der Waals surface area contributed by atoms with E-state index in [0.29, 0.717) is 11.1 Å². The minimum Gasteiger partial charge on any atom is -0.507 e. The van der Waals surface area contributed by atoms with E-state index in [4.69, 9.17) is 0 Å². The van der Waals surface area contributed by atoms with Crippen molar-refractivity contribution in [1.29, 1.82) is 0 Å². The maximum atomic E-state index is 12.1. The molecule has 0 aliphatic rings. The molecule has 0 radical (unpaired) electrons. The zero-order chi connectivity index (χ0) is 28.9. The Morgan fingerprint density at radius 3 is 1.25 bits per heavy atom. The third kappa shape index (κ3) is 7.07. The molecule has 40 heavy (non-hydrogen) atoms. The Morgan fingerprint density at radius 2 is 0.900 bits per heavy atom. The Kier molecular flexibility index (Phi) is 8.26. The summed E-state index contributed by atoms with van der Waals surface area (Å²) in [5, 5.41) is 19.7. The SMILES string of the molecule is O=S(=O)(O)c1cc(N=Cc2ccccc2O)ccc1/C=C/c1ccc(N=Cc2ccccc2O)cc1S(=O)(=O)O. The van der Waals surface area contributed by atoms with E-state index < -0.39 is 30.0 Å². The van der Waals surface area contributed by atoms with Gasteiger partial charge in [-0.25, -0.2) is 0 Å². The van der Waals surface area contributed by atoms with Gasteiger partial charge in [0.05, 0.1) is 11.4 Å². The lowest BCUT2D eigenvalue weighted by molar-refractivity contribution is 0.474. The summed E-state index contributed by atoms with van der Waals surface area (Å²) >= 11 is 0. The molecule has 0 atom stereocenters. The van der Waals surface area contributed by atoms with Gasteiger partial charge in [0, 0.05) is 23.6 Å². The standard InChI is InChI=1S/C28H22N2O8S2/c31-25-7-3-1-5-21(25)17-29-23-13-11-19(27(15-23)39(33,34)35)9-10-20-12-14-24(16-28(20)40(36,37)38)30-18-22-6-2-4-8-26(22)32/h1-18,31-32H,(H,33,34,35)(H,36,37,38)/b10-9+,29-17?,30-18?. The minimum atomic E-state index is -4.72. The van der Waals surface area contributed by atoms with Crippen LogP contribution in [0.5, 0.6) is 11.5 Å². The van der Waals surface area contributed by atoms with Crippen molar-refractivity contribution in [3.63, 3.8) is 0 Å². The first-order valence-corrected chi connectivity index (χ1v) is 14.3. The van der Waals surface area contributed by atoms with E-state index in [0.717, 1.165) is 12.1 Å². The van der Waals surface area contributed by atoms with E-state index in [1.54, 1.807) is 36.4 Å². The predicted molar refractivity (Wildman–Crippen MR) is 152 cm³/mol. The minimum absolute atomic E-state index is 0.0203. The van der Waals surface area contributed by atoms with E-state index in [2.05, 4.69) is 9.98 Å². The Morgan fingerprint density at radius 1 is 0.525 bits per heavy atom. The van der Waals surface area contributed by atoms with Crippen molar-refractivity contribution in [3.8, 4) is 11.5 Å². The molecule has 0 saturated heterocycles. The van der Waals surface area contributed by atoms with E-state index >= 15 is 0 Å². The van der Waals surface area contributed by atoms with Gasteiger partial charge in [-0.05, 0) is 59.7 Å². The molecule has 4 aromatic rings. The molecule has 0 amide bonds. The van der Waals surface area contributed by atoms with Crippen LogP contribution in [0.3, 0.4) is 0 Å². The molecule has 0 heterocycles. The molecule has 204 valence electrons. The zero-order valence-corrected chi connectivity index (χ0v) is 22.2. The smallest absolute Gasteiger partial charge is 0.295 e. The highest BCUT2D eigenvalue weighted by Gasteiger charge is 2.17. The lowest BCUT2D eigenvalue weighted by atomic mass is 10.1. The molecule has 0 spiro atoms. The Balaban J connectivity index is 1.68. The van der Waals surface area contributed by atoms with Crippen LogP contribution in [0.1, 0.15) is 22.3 Å². The number of hydrogen-bond donors (Lipinski definition) is 4. The van der Waals surface area contributed by atoms with E-state index in [1.165, 1.54) is 61.0 Å². The lowest BCUT2D eigenvalue weighted by Crippen LogP contribution is -2.01. The van der Waals surface area contributed by atoms with Gasteiger partial charge in [0.15, 0.2) is 0 Å². The lowest BCUT2D eigenvalue weighted by Gasteiger charge is -2.07. The van der Waals surface area contributed by atoms with Crippen molar-refractivity contribution >= 4 is 56.2 Å². The van der Waals surface area contributed by atoms with Gasteiger partial charge >= 0.3 is 0 Å². The number of para-hydroxylation sites is 2. The van der Waals surface area contributed by atoms with Crippen molar-refractivity contribution in [2.24, 2.45) is 9.98 Å². The summed E-state index contributed by atoms with van der Waals surface area (Å²) in [5.74, 6) is -0.0456. The first-order valence-electron chi connectivity index (χ1n) is 11.5. The molecule has 4 rings (SSSR count). The van der Waals surface area contributed by atoms with Crippen molar-refractivity contribution in [3.05, 3.63) is 107 Å². The fraction of sp³-hybridized carbons (Fsp3) is 0. The molecule has 0 aromatic heterocycles. The fourth-order valence-corrected chi connectivity index (χ4v) is 5.00. The fourth-order valence-electron chi connectivity index (χ4n) is 3.59. The maximum absolute atomic E-state index is 12.1. The number of rotatable bonds is 8. The molecular formula is C28H22N2O8S2. The number of hydrogen-bond acceptors (Lipinski definition) is 8. The molecule has 0 aliphatic carbocycles. The summed E-state index contributed by atoms with van der Waals surface area (Å²) in [6.45, 7) is 0. The number of phenolic OH excluding ortho intramolecular Hbond substituents is 2. The summed E-state index contributed by atoms with van der Waals surface area (Å²) in [4.78, 5) is 7.31. The van der Waals surface area contributed by atoms with Gasteiger partial charge in [0.25, 0.3) is 20.2 Å². The number of benzene rings is 4. The van der Waals surface area contributed by atoms with E-state index in [1.807, 2.05) is 0 Å². The van der Waals surface area contributed by atoms with Crippen LogP contribution < -0.4 is 0 Å². The van der Waals surface area contributed by atoms with Crippen molar-refractivity contribution in [2.75, 3.05) is 0 Å². The van der Waals surface area contributed by atoms with Gasteiger partial charge < -0.3 is 10.2 Å². The van der Waals surface area contributed by atoms with Gasteiger partial charge in [-0.1, -0.05) is 48.6 Å². The average molecular weight is 579 g/mol. The molecule has 0 fully saturated rings. The Labute approximate surface area is 230 Å². The highest BCUT2D eigenvalue weighted by molar-refractivity contribution is 7.86. The first kappa shape index (κ1) is 28.4. The Bertz CT molecular complexity index is 1740. The molecule has 0 saturated carbocycles. The van der Waals surface area contributed by atoms with Crippen LogP contribution in [-0.2, 0) is 20.2 Å². The highest BCUT2D eigenvalue weighted by atomic mass is 32.2. The van der Waals surface area contributed by atoms with Crippen LogP contribution in [0, 0.1) is 0 Å². The molecule has 4 aromatic carbocycles. The number of phenols is 2.